The number of rotatable bonds is 9. The number of benzene rings is 1. The van der Waals surface area contributed by atoms with Crippen molar-refractivity contribution in [2.75, 3.05) is 27.2 Å². The van der Waals surface area contributed by atoms with Gasteiger partial charge in [-0.3, -0.25) is 14.5 Å². The van der Waals surface area contributed by atoms with E-state index in [9.17, 15) is 14.4 Å². The van der Waals surface area contributed by atoms with Crippen LogP contribution in [-0.4, -0.2) is 73.0 Å². The SMILES string of the molecule is CCOC(=O)/C(C)=C/[C@H](C(C)C)N(C)C(=O)C(NC(=O)[C@@H]1[C@@H](c2ccccc2)CCN1C)C(C)(C)C. The maximum Gasteiger partial charge on any atom is 0.333 e. The van der Waals surface area contributed by atoms with Crippen LogP contribution in [0.3, 0.4) is 0 Å². The minimum atomic E-state index is -0.724. The highest BCUT2D eigenvalue weighted by Gasteiger charge is 2.42. The van der Waals surface area contributed by atoms with E-state index in [0.717, 1.165) is 18.5 Å². The number of ether oxygens (including phenoxy) is 1. The Bertz CT molecular complexity index is 936. The summed E-state index contributed by atoms with van der Waals surface area (Å²) in [6.45, 7) is 14.5. The number of nitrogens with one attached hydrogen (secondary N) is 1. The summed E-state index contributed by atoms with van der Waals surface area (Å²) in [5.74, 6) is -0.573. The van der Waals surface area contributed by atoms with Crippen LogP contribution in [0.5, 0.6) is 0 Å². The fourth-order valence-electron chi connectivity index (χ4n) is 4.93. The minimum Gasteiger partial charge on any atom is -0.463 e. The summed E-state index contributed by atoms with van der Waals surface area (Å²) in [4.78, 5) is 43.4. The molecule has 7 nitrogen and oxygen atoms in total. The Morgan fingerprint density at radius 2 is 1.81 bits per heavy atom. The van der Waals surface area contributed by atoms with Crippen molar-refractivity contribution in [3.05, 3.63) is 47.5 Å². The highest BCUT2D eigenvalue weighted by molar-refractivity contribution is 5.91. The van der Waals surface area contributed by atoms with Gasteiger partial charge in [0.05, 0.1) is 18.7 Å². The summed E-state index contributed by atoms with van der Waals surface area (Å²) in [5.41, 5.74) is 1.09. The number of likely N-dealkylation sites (tertiary alicyclic amines) is 1. The van der Waals surface area contributed by atoms with Gasteiger partial charge in [-0.1, -0.05) is 71.0 Å². The van der Waals surface area contributed by atoms with E-state index in [2.05, 4.69) is 22.3 Å². The van der Waals surface area contributed by atoms with Crippen molar-refractivity contribution in [1.82, 2.24) is 15.1 Å². The Labute approximate surface area is 217 Å². The number of amides is 2. The number of esters is 1. The van der Waals surface area contributed by atoms with Crippen molar-refractivity contribution in [2.24, 2.45) is 11.3 Å². The van der Waals surface area contributed by atoms with Crippen molar-refractivity contribution < 1.29 is 19.1 Å². The van der Waals surface area contributed by atoms with Crippen LogP contribution >= 0.6 is 0 Å². The van der Waals surface area contributed by atoms with Crippen LogP contribution in [0.2, 0.25) is 0 Å². The number of nitrogens with zero attached hydrogens (tertiary/aromatic N) is 2. The van der Waals surface area contributed by atoms with Crippen LogP contribution < -0.4 is 5.32 Å². The van der Waals surface area contributed by atoms with Gasteiger partial charge in [0.1, 0.15) is 6.04 Å². The fourth-order valence-corrected chi connectivity index (χ4v) is 4.93. The van der Waals surface area contributed by atoms with Crippen LogP contribution in [0, 0.1) is 11.3 Å². The van der Waals surface area contributed by atoms with Gasteiger partial charge in [0.25, 0.3) is 0 Å². The van der Waals surface area contributed by atoms with Gasteiger partial charge < -0.3 is 15.0 Å². The molecule has 0 aliphatic carbocycles. The number of likely N-dealkylation sites (N-methyl/N-ethyl adjacent to an activating group) is 2. The molecule has 2 amide bonds. The zero-order chi connectivity index (χ0) is 27.2. The van der Waals surface area contributed by atoms with E-state index in [1.807, 2.05) is 59.9 Å². The molecule has 0 spiro atoms. The molecule has 1 heterocycles. The quantitative estimate of drug-likeness (QED) is 0.410. The topological polar surface area (TPSA) is 79.0 Å². The lowest BCUT2D eigenvalue weighted by Crippen LogP contribution is -2.59. The van der Waals surface area contributed by atoms with E-state index < -0.39 is 11.5 Å². The largest absolute Gasteiger partial charge is 0.463 e. The maximum atomic E-state index is 13.8. The Morgan fingerprint density at radius 1 is 1.19 bits per heavy atom. The van der Waals surface area contributed by atoms with Crippen LogP contribution in [0.1, 0.15) is 66.4 Å². The molecule has 36 heavy (non-hydrogen) atoms. The summed E-state index contributed by atoms with van der Waals surface area (Å²) in [7, 11) is 3.70. The van der Waals surface area contributed by atoms with Gasteiger partial charge in [-0.2, -0.15) is 0 Å². The predicted octanol–water partition coefficient (Wildman–Crippen LogP) is 4.00. The summed E-state index contributed by atoms with van der Waals surface area (Å²) in [6.07, 6.45) is 2.68. The van der Waals surface area contributed by atoms with E-state index in [0.29, 0.717) is 12.2 Å². The van der Waals surface area contributed by atoms with Gasteiger partial charge in [-0.05, 0) is 50.8 Å². The molecule has 4 atom stereocenters. The van der Waals surface area contributed by atoms with E-state index in [-0.39, 0.29) is 41.7 Å². The lowest BCUT2D eigenvalue weighted by molar-refractivity contribution is -0.141. The fraction of sp³-hybridized carbons (Fsp3) is 0.621. The van der Waals surface area contributed by atoms with Crippen molar-refractivity contribution in [2.45, 2.75) is 78.9 Å². The summed E-state index contributed by atoms with van der Waals surface area (Å²) in [5, 5.41) is 3.12. The second-order valence-corrected chi connectivity index (χ2v) is 11.3. The van der Waals surface area contributed by atoms with Crippen LogP contribution in [-0.2, 0) is 19.1 Å². The molecule has 0 bridgehead atoms. The average Bonchev–Trinajstić information content (AvgIpc) is 3.21. The zero-order valence-electron chi connectivity index (χ0n) is 23.5. The molecule has 1 unspecified atom stereocenters. The molecular formula is C29H45N3O4. The molecule has 0 aromatic heterocycles. The number of hydrogen-bond acceptors (Lipinski definition) is 5. The summed E-state index contributed by atoms with van der Waals surface area (Å²) in [6, 6.07) is 8.71. The third-order valence-electron chi connectivity index (χ3n) is 7.04. The first-order chi connectivity index (χ1) is 16.8. The zero-order valence-corrected chi connectivity index (χ0v) is 23.5. The Kier molecular flexibility index (Phi) is 10.3. The maximum absolute atomic E-state index is 13.8. The number of carbonyl (C=O) groups excluding carboxylic acids is 3. The lowest BCUT2D eigenvalue weighted by atomic mass is 9.84. The first-order valence-electron chi connectivity index (χ1n) is 13.0. The molecule has 1 aromatic carbocycles. The molecule has 0 radical (unpaired) electrons. The molecule has 0 saturated carbocycles. The molecule has 1 fully saturated rings. The molecule has 200 valence electrons. The van der Waals surface area contributed by atoms with Crippen molar-refractivity contribution in [1.29, 1.82) is 0 Å². The van der Waals surface area contributed by atoms with Gasteiger partial charge in [-0.15, -0.1) is 0 Å². The van der Waals surface area contributed by atoms with Gasteiger partial charge in [0.15, 0.2) is 0 Å². The van der Waals surface area contributed by atoms with E-state index in [4.69, 9.17) is 4.74 Å². The van der Waals surface area contributed by atoms with E-state index in [1.165, 1.54) is 0 Å². The number of carbonyl (C=O) groups is 3. The summed E-state index contributed by atoms with van der Waals surface area (Å²) >= 11 is 0. The van der Waals surface area contributed by atoms with Gasteiger partial charge >= 0.3 is 5.97 Å². The van der Waals surface area contributed by atoms with Gasteiger partial charge in [0.2, 0.25) is 11.8 Å². The van der Waals surface area contributed by atoms with Crippen LogP contribution in [0.25, 0.3) is 0 Å². The molecule has 1 saturated heterocycles. The van der Waals surface area contributed by atoms with E-state index in [1.54, 1.807) is 31.9 Å². The molecule has 1 aliphatic rings. The molecule has 1 N–H and O–H groups in total. The Hall–Kier alpha value is -2.67. The highest BCUT2D eigenvalue weighted by Crippen LogP contribution is 2.33. The Morgan fingerprint density at radius 3 is 2.33 bits per heavy atom. The standard InChI is InChI=1S/C29H45N3O4/c1-10-36-28(35)20(4)18-23(19(2)3)32(9)27(34)25(29(5,6)7)30-26(33)24-22(16-17-31(24)8)21-14-12-11-13-15-21/h11-15,18-19,22-25H,10,16-17H2,1-9H3,(H,30,33)/b20-18+/t22-,23-,24+,25?/m1/s1. The van der Waals surface area contributed by atoms with Gasteiger partial charge in [0, 0.05) is 18.5 Å². The van der Waals surface area contributed by atoms with Crippen molar-refractivity contribution in [3.8, 4) is 0 Å². The minimum absolute atomic E-state index is 0.0584. The first kappa shape index (κ1) is 29.6. The second-order valence-electron chi connectivity index (χ2n) is 11.3. The predicted molar refractivity (Wildman–Crippen MR) is 143 cm³/mol. The smallest absolute Gasteiger partial charge is 0.333 e. The normalized spacial score (nSPS) is 20.7. The number of hydrogen-bond donors (Lipinski definition) is 1. The van der Waals surface area contributed by atoms with Crippen LogP contribution in [0.4, 0.5) is 0 Å². The second kappa shape index (κ2) is 12.5. The van der Waals surface area contributed by atoms with Crippen molar-refractivity contribution >= 4 is 17.8 Å². The van der Waals surface area contributed by atoms with E-state index >= 15 is 0 Å². The van der Waals surface area contributed by atoms with Gasteiger partial charge in [-0.25, -0.2) is 4.79 Å². The average molecular weight is 500 g/mol. The third kappa shape index (κ3) is 7.19. The monoisotopic (exact) mass is 499 g/mol. The molecule has 1 aromatic rings. The summed E-state index contributed by atoms with van der Waals surface area (Å²) < 4.78 is 5.12. The lowest BCUT2D eigenvalue weighted by Gasteiger charge is -2.38. The molecule has 7 heteroatoms. The van der Waals surface area contributed by atoms with Crippen LogP contribution in [0.15, 0.2) is 42.0 Å². The van der Waals surface area contributed by atoms with Crippen molar-refractivity contribution in [3.63, 3.8) is 0 Å². The molecular weight excluding hydrogens is 454 g/mol. The molecule has 2 rings (SSSR count). The Balaban J connectivity index is 2.30. The highest BCUT2D eigenvalue weighted by atomic mass is 16.5. The third-order valence-corrected chi connectivity index (χ3v) is 7.04. The molecule has 1 aliphatic heterocycles. The first-order valence-corrected chi connectivity index (χ1v) is 13.0.